The number of benzene rings is 1. The Kier molecular flexibility index (Phi) is 4.17. The predicted molar refractivity (Wildman–Crippen MR) is 78.0 cm³/mol. The Bertz CT molecular complexity index is 656. The molecule has 7 heteroatoms. The molecule has 0 spiro atoms. The summed E-state index contributed by atoms with van der Waals surface area (Å²) in [6.45, 7) is 3.16. The SMILES string of the molecule is COC(=O)C(C)CC1(C)C(=O)N(C)c2ccc(C(F)(F)F)cc21. The predicted octanol–water partition coefficient (Wildman–Crippen LogP) is 3.14. The summed E-state index contributed by atoms with van der Waals surface area (Å²) in [5.74, 6) is -1.44. The van der Waals surface area contributed by atoms with Crippen molar-refractivity contribution in [3.63, 3.8) is 0 Å². The van der Waals surface area contributed by atoms with E-state index < -0.39 is 29.0 Å². The number of amides is 1. The van der Waals surface area contributed by atoms with Gasteiger partial charge in [0, 0.05) is 12.7 Å². The summed E-state index contributed by atoms with van der Waals surface area (Å²) in [6, 6.07) is 3.25. The number of anilines is 1. The Balaban J connectivity index is 2.51. The summed E-state index contributed by atoms with van der Waals surface area (Å²) >= 11 is 0. The molecular weight excluding hydrogens is 311 g/mol. The first kappa shape index (κ1) is 17.3. The molecule has 1 heterocycles. The van der Waals surface area contributed by atoms with Gasteiger partial charge in [0.15, 0.2) is 0 Å². The molecule has 126 valence electrons. The van der Waals surface area contributed by atoms with Gasteiger partial charge in [0.1, 0.15) is 0 Å². The number of carbonyl (C=O) groups excluding carboxylic acids is 2. The topological polar surface area (TPSA) is 46.6 Å². The third kappa shape index (κ3) is 2.80. The Morgan fingerprint density at radius 3 is 2.52 bits per heavy atom. The van der Waals surface area contributed by atoms with Crippen LogP contribution in [0, 0.1) is 5.92 Å². The molecule has 1 aliphatic rings. The van der Waals surface area contributed by atoms with Gasteiger partial charge >= 0.3 is 12.1 Å². The van der Waals surface area contributed by atoms with Crippen LogP contribution in [0.3, 0.4) is 0 Å². The summed E-state index contributed by atoms with van der Waals surface area (Å²) in [4.78, 5) is 25.6. The number of esters is 1. The Hall–Kier alpha value is -2.05. The molecule has 0 aromatic heterocycles. The zero-order valence-corrected chi connectivity index (χ0v) is 13.3. The van der Waals surface area contributed by atoms with Gasteiger partial charge in [-0.1, -0.05) is 6.92 Å². The van der Waals surface area contributed by atoms with Crippen LogP contribution >= 0.6 is 0 Å². The van der Waals surface area contributed by atoms with Gasteiger partial charge in [0.2, 0.25) is 5.91 Å². The van der Waals surface area contributed by atoms with Gasteiger partial charge in [-0.2, -0.15) is 13.2 Å². The van der Waals surface area contributed by atoms with Crippen molar-refractivity contribution in [2.45, 2.75) is 31.9 Å². The van der Waals surface area contributed by atoms with Gasteiger partial charge in [0.25, 0.3) is 0 Å². The molecule has 0 saturated heterocycles. The molecule has 0 fully saturated rings. The van der Waals surface area contributed by atoms with Gasteiger partial charge in [-0.15, -0.1) is 0 Å². The number of fused-ring (bicyclic) bond motifs is 1. The van der Waals surface area contributed by atoms with Crippen molar-refractivity contribution in [1.29, 1.82) is 0 Å². The third-order valence-corrected chi connectivity index (χ3v) is 4.37. The molecule has 0 radical (unpaired) electrons. The fourth-order valence-electron chi connectivity index (χ4n) is 3.14. The molecule has 0 N–H and O–H groups in total. The summed E-state index contributed by atoms with van der Waals surface area (Å²) < 4.78 is 43.6. The highest BCUT2D eigenvalue weighted by Crippen LogP contribution is 2.46. The average Bonchev–Trinajstić information content (AvgIpc) is 2.67. The van der Waals surface area contributed by atoms with E-state index in [1.165, 1.54) is 25.1 Å². The Morgan fingerprint density at radius 2 is 2.00 bits per heavy atom. The number of rotatable bonds is 3. The normalized spacial score (nSPS) is 22.0. The zero-order chi connectivity index (χ0) is 17.6. The van der Waals surface area contributed by atoms with E-state index in [1.807, 2.05) is 0 Å². The molecule has 0 saturated carbocycles. The molecule has 1 aromatic rings. The summed E-state index contributed by atoms with van der Waals surface area (Å²) in [7, 11) is 2.75. The first-order valence-electron chi connectivity index (χ1n) is 7.10. The maximum absolute atomic E-state index is 13.0. The van der Waals surface area contributed by atoms with Crippen LogP contribution in [0.1, 0.15) is 31.4 Å². The molecule has 2 rings (SSSR count). The molecular formula is C16H18F3NO3. The lowest BCUT2D eigenvalue weighted by Gasteiger charge is -2.26. The Morgan fingerprint density at radius 1 is 1.39 bits per heavy atom. The molecule has 1 aromatic carbocycles. The lowest BCUT2D eigenvalue weighted by Crippen LogP contribution is -2.38. The van der Waals surface area contributed by atoms with Crippen molar-refractivity contribution in [3.05, 3.63) is 29.3 Å². The van der Waals surface area contributed by atoms with E-state index in [-0.39, 0.29) is 17.9 Å². The molecule has 1 aliphatic heterocycles. The molecule has 0 aliphatic carbocycles. The van der Waals surface area contributed by atoms with Gasteiger partial charge in [0.05, 0.1) is 24.0 Å². The van der Waals surface area contributed by atoms with Crippen molar-refractivity contribution in [3.8, 4) is 0 Å². The third-order valence-electron chi connectivity index (χ3n) is 4.37. The number of nitrogens with zero attached hydrogens (tertiary/aromatic N) is 1. The van der Waals surface area contributed by atoms with Crippen LogP contribution < -0.4 is 4.90 Å². The molecule has 23 heavy (non-hydrogen) atoms. The monoisotopic (exact) mass is 329 g/mol. The summed E-state index contributed by atoms with van der Waals surface area (Å²) in [5.41, 5.74) is -1.28. The molecule has 2 atom stereocenters. The van der Waals surface area contributed by atoms with Crippen molar-refractivity contribution in [2.75, 3.05) is 19.1 Å². The maximum Gasteiger partial charge on any atom is 0.416 e. The largest absolute Gasteiger partial charge is 0.469 e. The number of halogens is 3. The number of methoxy groups -OCH3 is 1. The minimum atomic E-state index is -4.49. The van der Waals surface area contributed by atoms with Crippen molar-refractivity contribution >= 4 is 17.6 Å². The fourth-order valence-corrected chi connectivity index (χ4v) is 3.14. The lowest BCUT2D eigenvalue weighted by atomic mass is 9.76. The highest BCUT2D eigenvalue weighted by Gasteiger charge is 2.48. The molecule has 1 amide bonds. The van der Waals surface area contributed by atoms with E-state index >= 15 is 0 Å². The van der Waals surface area contributed by atoms with Crippen LogP contribution in [0.2, 0.25) is 0 Å². The highest BCUT2D eigenvalue weighted by molar-refractivity contribution is 6.07. The van der Waals surface area contributed by atoms with Gasteiger partial charge < -0.3 is 9.64 Å². The van der Waals surface area contributed by atoms with E-state index in [9.17, 15) is 22.8 Å². The van der Waals surface area contributed by atoms with E-state index in [1.54, 1.807) is 13.8 Å². The quantitative estimate of drug-likeness (QED) is 0.801. The van der Waals surface area contributed by atoms with Gasteiger partial charge in [-0.3, -0.25) is 9.59 Å². The summed E-state index contributed by atoms with van der Waals surface area (Å²) in [6.07, 6.45) is -4.41. The van der Waals surface area contributed by atoms with Crippen LogP contribution in [0.15, 0.2) is 18.2 Å². The minimum Gasteiger partial charge on any atom is -0.469 e. The number of likely N-dealkylation sites (N-methyl/N-ethyl adjacent to an activating group) is 1. The van der Waals surface area contributed by atoms with Crippen LogP contribution in [0.5, 0.6) is 0 Å². The smallest absolute Gasteiger partial charge is 0.416 e. The van der Waals surface area contributed by atoms with Crippen molar-refractivity contribution < 1.29 is 27.5 Å². The standard InChI is InChI=1S/C16H18F3NO3/c1-9(13(21)23-4)8-15(2)11-7-10(16(17,18)19)5-6-12(11)20(3)14(15)22/h5-7,9H,8H2,1-4H3. The second-order valence-electron chi connectivity index (χ2n) is 6.05. The van der Waals surface area contributed by atoms with E-state index in [4.69, 9.17) is 0 Å². The van der Waals surface area contributed by atoms with Crippen molar-refractivity contribution in [1.82, 2.24) is 0 Å². The average molecular weight is 329 g/mol. The van der Waals surface area contributed by atoms with E-state index in [2.05, 4.69) is 4.74 Å². The zero-order valence-electron chi connectivity index (χ0n) is 13.3. The molecule has 2 unspecified atom stereocenters. The fraction of sp³-hybridized carbons (Fsp3) is 0.500. The van der Waals surface area contributed by atoms with Gasteiger partial charge in [-0.05, 0) is 37.1 Å². The van der Waals surface area contributed by atoms with Crippen LogP contribution in [-0.4, -0.2) is 26.0 Å². The van der Waals surface area contributed by atoms with Gasteiger partial charge in [-0.25, -0.2) is 0 Å². The number of alkyl halides is 3. The summed E-state index contributed by atoms with van der Waals surface area (Å²) in [5, 5.41) is 0. The second-order valence-corrected chi connectivity index (χ2v) is 6.05. The van der Waals surface area contributed by atoms with Crippen molar-refractivity contribution in [2.24, 2.45) is 5.92 Å². The van der Waals surface area contributed by atoms with Crippen LogP contribution in [-0.2, 0) is 25.9 Å². The number of ether oxygens (including phenoxy) is 1. The first-order chi connectivity index (χ1) is 10.5. The van der Waals surface area contributed by atoms with E-state index in [0.29, 0.717) is 5.69 Å². The highest BCUT2D eigenvalue weighted by atomic mass is 19.4. The second kappa shape index (κ2) is 5.54. The number of hydrogen-bond acceptors (Lipinski definition) is 3. The molecule has 4 nitrogen and oxygen atoms in total. The number of carbonyl (C=O) groups is 2. The first-order valence-corrected chi connectivity index (χ1v) is 7.10. The molecule has 0 bridgehead atoms. The van der Waals surface area contributed by atoms with E-state index in [0.717, 1.165) is 12.1 Å². The van der Waals surface area contributed by atoms with Crippen LogP contribution in [0.25, 0.3) is 0 Å². The maximum atomic E-state index is 13.0. The minimum absolute atomic E-state index is 0.0805. The lowest BCUT2D eigenvalue weighted by molar-refractivity contribution is -0.146. The van der Waals surface area contributed by atoms with Crippen LogP contribution in [0.4, 0.5) is 18.9 Å². The Labute approximate surface area is 132 Å². The number of hydrogen-bond donors (Lipinski definition) is 0.